The van der Waals surface area contributed by atoms with E-state index in [1.807, 2.05) is 47.0 Å². The zero-order chi connectivity index (χ0) is 20.8. The van der Waals surface area contributed by atoms with Crippen LogP contribution in [0.4, 0.5) is 5.82 Å². The molecule has 1 aliphatic carbocycles. The molecule has 0 atom stereocenters. The van der Waals surface area contributed by atoms with Gasteiger partial charge in [-0.2, -0.15) is 9.50 Å². The summed E-state index contributed by atoms with van der Waals surface area (Å²) in [7, 11) is 0. The molecular weight excluding hydrogens is 414 g/mol. The average Bonchev–Trinajstić information content (AvgIpc) is 3.51. The molecule has 3 heterocycles. The molecule has 0 unspecified atom stereocenters. The summed E-state index contributed by atoms with van der Waals surface area (Å²) < 4.78 is 12.8. The number of aromatic nitrogens is 4. The van der Waals surface area contributed by atoms with Gasteiger partial charge < -0.3 is 14.8 Å². The highest BCUT2D eigenvalue weighted by Gasteiger charge is 2.22. The van der Waals surface area contributed by atoms with Gasteiger partial charge in [-0.05, 0) is 54.7 Å². The van der Waals surface area contributed by atoms with Crippen LogP contribution in [0, 0.1) is 0 Å². The largest absolute Gasteiger partial charge is 0.454 e. The SMILES string of the molecule is Clc1ccc(Cc2nc3nc4c(c(NCc5ccc6c(c5)OCO6)n3n2)CCC4)cc1. The Kier molecular flexibility index (Phi) is 4.42. The smallest absolute Gasteiger partial charge is 0.254 e. The molecule has 7 nitrogen and oxygen atoms in total. The normalized spacial score (nSPS) is 14.2. The molecule has 31 heavy (non-hydrogen) atoms. The highest BCUT2D eigenvalue weighted by atomic mass is 35.5. The van der Waals surface area contributed by atoms with Crippen molar-refractivity contribution in [3.05, 3.63) is 75.7 Å². The number of nitrogens with one attached hydrogen (secondary N) is 1. The first-order chi connectivity index (χ1) is 15.2. The van der Waals surface area contributed by atoms with E-state index in [1.54, 1.807) is 0 Å². The van der Waals surface area contributed by atoms with Crippen LogP contribution in [-0.2, 0) is 25.8 Å². The summed E-state index contributed by atoms with van der Waals surface area (Å²) in [6.07, 6.45) is 3.71. The Balaban J connectivity index is 1.32. The first kappa shape index (κ1) is 18.4. The summed E-state index contributed by atoms with van der Waals surface area (Å²) >= 11 is 6.00. The van der Waals surface area contributed by atoms with Crippen molar-refractivity contribution in [2.75, 3.05) is 12.1 Å². The van der Waals surface area contributed by atoms with Crippen LogP contribution in [0.2, 0.25) is 5.02 Å². The van der Waals surface area contributed by atoms with Crippen molar-refractivity contribution in [3.63, 3.8) is 0 Å². The van der Waals surface area contributed by atoms with Crippen LogP contribution in [0.25, 0.3) is 5.78 Å². The van der Waals surface area contributed by atoms with E-state index in [0.717, 1.165) is 64.2 Å². The minimum Gasteiger partial charge on any atom is -0.454 e. The van der Waals surface area contributed by atoms with Crippen molar-refractivity contribution in [1.82, 2.24) is 19.6 Å². The number of benzene rings is 2. The molecule has 2 aromatic heterocycles. The van der Waals surface area contributed by atoms with Gasteiger partial charge in [-0.15, -0.1) is 5.10 Å². The fraction of sp³-hybridized carbons (Fsp3) is 0.261. The second-order valence-corrected chi connectivity index (χ2v) is 8.26. The molecular formula is C23H20ClN5O2. The Hall–Kier alpha value is -3.32. The number of rotatable bonds is 5. The van der Waals surface area contributed by atoms with Crippen molar-refractivity contribution >= 4 is 23.2 Å². The van der Waals surface area contributed by atoms with Crippen molar-refractivity contribution < 1.29 is 9.47 Å². The predicted molar refractivity (Wildman–Crippen MR) is 117 cm³/mol. The molecule has 0 bridgehead atoms. The fourth-order valence-electron chi connectivity index (χ4n) is 4.20. The lowest BCUT2D eigenvalue weighted by Gasteiger charge is -2.12. The first-order valence-corrected chi connectivity index (χ1v) is 10.7. The van der Waals surface area contributed by atoms with Crippen LogP contribution >= 0.6 is 11.6 Å². The molecule has 1 aliphatic heterocycles. The Labute approximate surface area is 184 Å². The van der Waals surface area contributed by atoms with Crippen molar-refractivity contribution in [3.8, 4) is 11.5 Å². The van der Waals surface area contributed by atoms with E-state index < -0.39 is 0 Å². The minimum absolute atomic E-state index is 0.278. The van der Waals surface area contributed by atoms with Crippen LogP contribution in [0.15, 0.2) is 42.5 Å². The number of anilines is 1. The first-order valence-electron chi connectivity index (χ1n) is 10.4. The lowest BCUT2D eigenvalue weighted by atomic mass is 10.1. The number of ether oxygens (including phenoxy) is 2. The van der Waals surface area contributed by atoms with E-state index in [4.69, 9.17) is 36.1 Å². The van der Waals surface area contributed by atoms with E-state index in [-0.39, 0.29) is 6.79 Å². The van der Waals surface area contributed by atoms with E-state index in [1.165, 1.54) is 5.56 Å². The maximum absolute atomic E-state index is 6.00. The van der Waals surface area contributed by atoms with Gasteiger partial charge in [0.2, 0.25) is 6.79 Å². The standard InChI is InChI=1S/C23H20ClN5O2/c24-16-7-4-14(5-8-16)11-21-27-23-26-18-3-1-2-17(18)22(29(23)28-21)25-12-15-6-9-19-20(10-15)31-13-30-19/h4-10,25H,1-3,11-13H2. The maximum Gasteiger partial charge on any atom is 0.254 e. The Morgan fingerprint density at radius 2 is 1.81 bits per heavy atom. The Morgan fingerprint density at radius 1 is 0.968 bits per heavy atom. The monoisotopic (exact) mass is 433 g/mol. The fourth-order valence-corrected chi connectivity index (χ4v) is 4.33. The molecule has 0 saturated heterocycles. The number of halogens is 1. The molecule has 6 rings (SSSR count). The van der Waals surface area contributed by atoms with Gasteiger partial charge in [-0.1, -0.05) is 29.8 Å². The molecule has 2 aromatic carbocycles. The highest BCUT2D eigenvalue weighted by molar-refractivity contribution is 6.30. The third-order valence-electron chi connectivity index (χ3n) is 5.73. The summed E-state index contributed by atoms with van der Waals surface area (Å²) in [6, 6.07) is 13.8. The van der Waals surface area contributed by atoms with Crippen LogP contribution in [0.1, 0.15) is 34.6 Å². The second-order valence-electron chi connectivity index (χ2n) is 7.82. The second kappa shape index (κ2) is 7.42. The van der Waals surface area contributed by atoms with Crippen LogP contribution in [0.3, 0.4) is 0 Å². The highest BCUT2D eigenvalue weighted by Crippen LogP contribution is 2.33. The molecule has 0 saturated carbocycles. The molecule has 4 aromatic rings. The third-order valence-corrected chi connectivity index (χ3v) is 5.98. The quantitative estimate of drug-likeness (QED) is 0.508. The Bertz CT molecular complexity index is 1290. The number of aryl methyl sites for hydroxylation is 1. The molecule has 156 valence electrons. The van der Waals surface area contributed by atoms with E-state index in [0.29, 0.717) is 18.7 Å². The number of nitrogens with zero attached hydrogens (tertiary/aromatic N) is 4. The summed E-state index contributed by atoms with van der Waals surface area (Å²) in [6.45, 7) is 0.925. The molecule has 0 fully saturated rings. The van der Waals surface area contributed by atoms with Gasteiger partial charge in [0.25, 0.3) is 5.78 Å². The molecule has 0 spiro atoms. The van der Waals surface area contributed by atoms with E-state index in [9.17, 15) is 0 Å². The average molecular weight is 434 g/mol. The van der Waals surface area contributed by atoms with Crippen molar-refractivity contribution in [1.29, 1.82) is 0 Å². The molecule has 0 amide bonds. The zero-order valence-electron chi connectivity index (χ0n) is 16.8. The van der Waals surface area contributed by atoms with Crippen LogP contribution in [-0.4, -0.2) is 26.4 Å². The van der Waals surface area contributed by atoms with Crippen LogP contribution in [0.5, 0.6) is 11.5 Å². The van der Waals surface area contributed by atoms with Gasteiger partial charge in [-0.3, -0.25) is 0 Å². The predicted octanol–water partition coefficient (Wildman–Crippen LogP) is 4.20. The summed E-state index contributed by atoms with van der Waals surface area (Å²) in [5.74, 6) is 3.93. The molecule has 0 radical (unpaired) electrons. The lowest BCUT2D eigenvalue weighted by molar-refractivity contribution is 0.174. The van der Waals surface area contributed by atoms with Crippen molar-refractivity contribution in [2.45, 2.75) is 32.2 Å². The maximum atomic E-state index is 6.00. The molecule has 1 N–H and O–H groups in total. The number of hydrogen-bond acceptors (Lipinski definition) is 6. The zero-order valence-corrected chi connectivity index (χ0v) is 17.5. The summed E-state index contributed by atoms with van der Waals surface area (Å²) in [5, 5.41) is 9.09. The lowest BCUT2D eigenvalue weighted by Crippen LogP contribution is -2.10. The topological polar surface area (TPSA) is 73.6 Å². The van der Waals surface area contributed by atoms with Gasteiger partial charge >= 0.3 is 0 Å². The summed E-state index contributed by atoms with van der Waals surface area (Å²) in [5.41, 5.74) is 4.58. The van der Waals surface area contributed by atoms with Gasteiger partial charge in [0.1, 0.15) is 5.82 Å². The van der Waals surface area contributed by atoms with Gasteiger partial charge in [-0.25, -0.2) is 4.98 Å². The minimum atomic E-state index is 0.278. The van der Waals surface area contributed by atoms with Gasteiger partial charge in [0, 0.05) is 23.6 Å². The Morgan fingerprint density at radius 3 is 2.71 bits per heavy atom. The molecule has 8 heteroatoms. The number of hydrogen-bond donors (Lipinski definition) is 1. The third kappa shape index (κ3) is 3.45. The van der Waals surface area contributed by atoms with Crippen LogP contribution < -0.4 is 14.8 Å². The van der Waals surface area contributed by atoms with E-state index in [2.05, 4.69) is 5.32 Å². The van der Waals surface area contributed by atoms with Crippen molar-refractivity contribution in [2.24, 2.45) is 0 Å². The van der Waals surface area contributed by atoms with E-state index >= 15 is 0 Å². The van der Waals surface area contributed by atoms with Gasteiger partial charge in [0.05, 0.1) is 5.69 Å². The number of fused-ring (bicyclic) bond motifs is 3. The van der Waals surface area contributed by atoms with Gasteiger partial charge in [0.15, 0.2) is 17.3 Å². The molecule has 2 aliphatic rings. The summed E-state index contributed by atoms with van der Waals surface area (Å²) in [4.78, 5) is 9.49.